The third-order valence-corrected chi connectivity index (χ3v) is 3.51. The molecule has 0 saturated carbocycles. The molecule has 2 aromatic carbocycles. The highest BCUT2D eigenvalue weighted by atomic mass is 79.9. The van der Waals surface area contributed by atoms with Gasteiger partial charge in [-0.2, -0.15) is 5.26 Å². The molecule has 100 valence electrons. The summed E-state index contributed by atoms with van der Waals surface area (Å²) in [6.45, 7) is 0. The van der Waals surface area contributed by atoms with Gasteiger partial charge in [0.1, 0.15) is 5.75 Å². The van der Waals surface area contributed by atoms with Gasteiger partial charge in [0, 0.05) is 10.5 Å². The number of benzene rings is 2. The Hall–Kier alpha value is -1.91. The Bertz CT molecular complexity index is 726. The molecule has 0 aliphatic rings. The Morgan fingerprint density at radius 2 is 1.85 bits per heavy atom. The number of nitro benzene ring substituents is 1. The predicted octanol–water partition coefficient (Wildman–Crippen LogP) is 4.78. The van der Waals surface area contributed by atoms with Crippen LogP contribution in [0.5, 0.6) is 11.5 Å². The van der Waals surface area contributed by atoms with Crippen molar-refractivity contribution in [3.05, 3.63) is 61.0 Å². The standard InChI is InChI=1S/C13H6Br2N2O3/c14-9-2-4-13(11(6-9)17(18)19)20-12-3-1-8(7-16)5-10(12)15/h1-6H. The minimum absolute atomic E-state index is 0.128. The molecule has 0 unspecified atom stereocenters. The summed E-state index contributed by atoms with van der Waals surface area (Å²) in [7, 11) is 0. The highest BCUT2D eigenvalue weighted by molar-refractivity contribution is 9.10. The van der Waals surface area contributed by atoms with Crippen molar-refractivity contribution in [3.63, 3.8) is 0 Å². The summed E-state index contributed by atoms with van der Waals surface area (Å²) in [5.41, 5.74) is 0.324. The molecule has 0 saturated heterocycles. The molecule has 0 atom stereocenters. The van der Waals surface area contributed by atoms with E-state index in [4.69, 9.17) is 10.00 Å². The lowest BCUT2D eigenvalue weighted by atomic mass is 10.2. The fourth-order valence-corrected chi connectivity index (χ4v) is 2.30. The first-order chi connectivity index (χ1) is 9.51. The van der Waals surface area contributed by atoms with E-state index in [2.05, 4.69) is 31.9 Å². The van der Waals surface area contributed by atoms with Crippen molar-refractivity contribution in [2.24, 2.45) is 0 Å². The quantitative estimate of drug-likeness (QED) is 0.551. The molecule has 5 nitrogen and oxygen atoms in total. The summed E-state index contributed by atoms with van der Waals surface area (Å²) in [5.74, 6) is 0.526. The third-order valence-electron chi connectivity index (χ3n) is 2.40. The Morgan fingerprint density at radius 3 is 2.45 bits per heavy atom. The fourth-order valence-electron chi connectivity index (χ4n) is 1.49. The molecule has 0 aliphatic carbocycles. The summed E-state index contributed by atoms with van der Waals surface area (Å²) >= 11 is 6.44. The number of nitrogens with zero attached hydrogens (tertiary/aromatic N) is 2. The Balaban J connectivity index is 2.40. The average Bonchev–Trinajstić information content (AvgIpc) is 2.42. The largest absolute Gasteiger partial charge is 0.449 e. The molecule has 0 radical (unpaired) electrons. The van der Waals surface area contributed by atoms with Crippen molar-refractivity contribution in [1.29, 1.82) is 5.26 Å². The van der Waals surface area contributed by atoms with E-state index in [1.807, 2.05) is 6.07 Å². The van der Waals surface area contributed by atoms with E-state index in [9.17, 15) is 10.1 Å². The molecule has 0 amide bonds. The molecule has 0 bridgehead atoms. The second kappa shape index (κ2) is 6.03. The van der Waals surface area contributed by atoms with Crippen LogP contribution in [0.2, 0.25) is 0 Å². The maximum absolute atomic E-state index is 11.0. The first kappa shape index (κ1) is 14.5. The Labute approximate surface area is 131 Å². The lowest BCUT2D eigenvalue weighted by molar-refractivity contribution is -0.385. The first-order valence-electron chi connectivity index (χ1n) is 5.32. The third kappa shape index (κ3) is 3.15. The number of hydrogen-bond acceptors (Lipinski definition) is 4. The van der Waals surface area contributed by atoms with Crippen LogP contribution in [-0.4, -0.2) is 4.92 Å². The van der Waals surface area contributed by atoms with Crippen LogP contribution in [0.15, 0.2) is 45.3 Å². The molecule has 0 aromatic heterocycles. The zero-order valence-electron chi connectivity index (χ0n) is 9.84. The van der Waals surface area contributed by atoms with E-state index in [0.717, 1.165) is 0 Å². The van der Waals surface area contributed by atoms with E-state index in [1.54, 1.807) is 24.3 Å². The molecule has 0 aliphatic heterocycles. The molecular formula is C13H6Br2N2O3. The van der Waals surface area contributed by atoms with Gasteiger partial charge in [0.15, 0.2) is 0 Å². The maximum Gasteiger partial charge on any atom is 0.312 e. The average molecular weight is 398 g/mol. The maximum atomic E-state index is 11.0. The van der Waals surface area contributed by atoms with Gasteiger partial charge >= 0.3 is 5.69 Å². The minimum atomic E-state index is -0.516. The predicted molar refractivity (Wildman–Crippen MR) is 79.7 cm³/mol. The topological polar surface area (TPSA) is 76.2 Å². The molecule has 0 fully saturated rings. The summed E-state index contributed by atoms with van der Waals surface area (Å²) in [5, 5.41) is 19.8. The van der Waals surface area contributed by atoms with Crippen molar-refractivity contribution in [3.8, 4) is 17.6 Å². The number of nitro groups is 1. The number of rotatable bonds is 3. The van der Waals surface area contributed by atoms with Crippen LogP contribution in [0.25, 0.3) is 0 Å². The van der Waals surface area contributed by atoms with E-state index in [1.165, 1.54) is 12.1 Å². The molecule has 2 aromatic rings. The smallest absolute Gasteiger partial charge is 0.312 e. The van der Waals surface area contributed by atoms with Crippen LogP contribution in [0.4, 0.5) is 5.69 Å². The van der Waals surface area contributed by atoms with Gasteiger partial charge in [-0.1, -0.05) is 15.9 Å². The van der Waals surface area contributed by atoms with Crippen LogP contribution in [0.1, 0.15) is 5.56 Å². The fraction of sp³-hybridized carbons (Fsp3) is 0. The van der Waals surface area contributed by atoms with Gasteiger partial charge in [-0.3, -0.25) is 10.1 Å². The molecule has 2 rings (SSSR count). The monoisotopic (exact) mass is 396 g/mol. The normalized spacial score (nSPS) is 9.85. The van der Waals surface area contributed by atoms with E-state index in [0.29, 0.717) is 20.3 Å². The van der Waals surface area contributed by atoms with Crippen molar-refractivity contribution in [2.75, 3.05) is 0 Å². The summed E-state index contributed by atoms with van der Waals surface area (Å²) in [6, 6.07) is 11.3. The van der Waals surface area contributed by atoms with Gasteiger partial charge in [-0.05, 0) is 46.3 Å². The molecule has 0 spiro atoms. The second-order valence-corrected chi connectivity index (χ2v) is 5.50. The minimum Gasteiger partial charge on any atom is -0.449 e. The Kier molecular flexibility index (Phi) is 4.37. The number of hydrogen-bond donors (Lipinski definition) is 0. The molecular weight excluding hydrogens is 392 g/mol. The molecule has 0 heterocycles. The zero-order valence-corrected chi connectivity index (χ0v) is 13.0. The lowest BCUT2D eigenvalue weighted by Crippen LogP contribution is -1.94. The van der Waals surface area contributed by atoms with Crippen LogP contribution < -0.4 is 4.74 Å². The summed E-state index contributed by atoms with van der Waals surface area (Å²) < 4.78 is 6.68. The second-order valence-electron chi connectivity index (χ2n) is 3.73. The van der Waals surface area contributed by atoms with Gasteiger partial charge in [0.05, 0.1) is 21.0 Å². The van der Waals surface area contributed by atoms with Gasteiger partial charge in [0.25, 0.3) is 0 Å². The van der Waals surface area contributed by atoms with Crippen molar-refractivity contribution in [1.82, 2.24) is 0 Å². The summed E-state index contributed by atoms with van der Waals surface area (Å²) in [6.07, 6.45) is 0. The molecule has 7 heteroatoms. The van der Waals surface area contributed by atoms with E-state index >= 15 is 0 Å². The molecule has 0 N–H and O–H groups in total. The number of halogens is 2. The van der Waals surface area contributed by atoms with Gasteiger partial charge in [-0.15, -0.1) is 0 Å². The summed E-state index contributed by atoms with van der Waals surface area (Å²) in [4.78, 5) is 10.5. The number of ether oxygens (including phenoxy) is 1. The first-order valence-corrected chi connectivity index (χ1v) is 6.91. The highest BCUT2D eigenvalue weighted by Gasteiger charge is 2.17. The number of nitriles is 1. The van der Waals surface area contributed by atoms with Gasteiger partial charge < -0.3 is 4.74 Å². The van der Waals surface area contributed by atoms with Gasteiger partial charge in [-0.25, -0.2) is 0 Å². The zero-order chi connectivity index (χ0) is 14.7. The Morgan fingerprint density at radius 1 is 1.15 bits per heavy atom. The van der Waals surface area contributed by atoms with Crippen LogP contribution in [0.3, 0.4) is 0 Å². The van der Waals surface area contributed by atoms with E-state index < -0.39 is 4.92 Å². The van der Waals surface area contributed by atoms with Crippen molar-refractivity contribution < 1.29 is 9.66 Å². The SMILES string of the molecule is N#Cc1ccc(Oc2ccc(Br)cc2[N+](=O)[O-])c(Br)c1. The van der Waals surface area contributed by atoms with Crippen molar-refractivity contribution in [2.45, 2.75) is 0 Å². The van der Waals surface area contributed by atoms with E-state index in [-0.39, 0.29) is 11.4 Å². The lowest BCUT2D eigenvalue weighted by Gasteiger charge is -2.08. The van der Waals surface area contributed by atoms with Crippen molar-refractivity contribution >= 4 is 37.5 Å². The van der Waals surface area contributed by atoms with Gasteiger partial charge in [0.2, 0.25) is 5.75 Å². The van der Waals surface area contributed by atoms with Crippen LogP contribution >= 0.6 is 31.9 Å². The highest BCUT2D eigenvalue weighted by Crippen LogP contribution is 2.36. The van der Waals surface area contributed by atoms with Crippen LogP contribution in [-0.2, 0) is 0 Å². The molecule has 20 heavy (non-hydrogen) atoms. The van der Waals surface area contributed by atoms with Crippen LogP contribution in [0, 0.1) is 21.4 Å².